The predicted octanol–water partition coefficient (Wildman–Crippen LogP) is 2.37. The fourth-order valence-corrected chi connectivity index (χ4v) is 2.87. The molecule has 0 saturated carbocycles. The Morgan fingerprint density at radius 2 is 1.67 bits per heavy atom. The van der Waals surface area contributed by atoms with E-state index in [1.165, 1.54) is 4.90 Å². The van der Waals surface area contributed by atoms with Crippen LogP contribution in [0.1, 0.15) is 35.7 Å². The number of imide groups is 1. The van der Waals surface area contributed by atoms with Gasteiger partial charge in [0.25, 0.3) is 11.8 Å². The second-order valence-corrected chi connectivity index (χ2v) is 6.52. The Bertz CT molecular complexity index is 786. The number of ether oxygens (including phenoxy) is 2. The number of halogens is 3. The average Bonchev–Trinajstić information content (AvgIpc) is 2.71. The van der Waals surface area contributed by atoms with Crippen LogP contribution in [0.4, 0.5) is 18.0 Å². The molecule has 1 aromatic rings. The first-order valence-electron chi connectivity index (χ1n) is 9.21. The van der Waals surface area contributed by atoms with Gasteiger partial charge in [0.15, 0.2) is 6.61 Å². The van der Waals surface area contributed by atoms with Crippen LogP contribution in [0.25, 0.3) is 0 Å². The number of alkyl carbamates (subject to hydrolysis) is 1. The minimum atomic E-state index is -4.48. The molecule has 0 aliphatic carbocycles. The number of rotatable bonds is 5. The van der Waals surface area contributed by atoms with Gasteiger partial charge in [-0.05, 0) is 44.0 Å². The highest BCUT2D eigenvalue weighted by Gasteiger charge is 2.32. The van der Waals surface area contributed by atoms with Gasteiger partial charge in [-0.25, -0.2) is 4.79 Å². The maximum Gasteiger partial charge on any atom is 0.416 e. The number of nitrogens with zero attached hydrogens (tertiary/aromatic N) is 1. The van der Waals surface area contributed by atoms with E-state index < -0.39 is 48.1 Å². The lowest BCUT2D eigenvalue weighted by atomic mass is 9.96. The van der Waals surface area contributed by atoms with E-state index in [4.69, 9.17) is 4.74 Å². The third-order valence-corrected chi connectivity index (χ3v) is 4.44. The number of nitrogens with one attached hydrogen (secondary N) is 1. The van der Waals surface area contributed by atoms with Gasteiger partial charge in [0.2, 0.25) is 0 Å². The Morgan fingerprint density at radius 3 is 2.20 bits per heavy atom. The summed E-state index contributed by atoms with van der Waals surface area (Å²) in [6, 6.07) is 3.93. The summed E-state index contributed by atoms with van der Waals surface area (Å²) in [6.45, 7) is 1.45. The van der Waals surface area contributed by atoms with Gasteiger partial charge < -0.3 is 14.4 Å². The maximum absolute atomic E-state index is 12.6. The standard InChI is InChI=1S/C19H21F3N2O6/c1-2-29-18(28)23-15(25)11-30-17(27)13-7-9-24(10-8-13)16(26)12-3-5-14(6-4-12)19(20,21)22/h3-6,13H,2,7-11H2,1H3,(H,23,25,28). The molecule has 1 aliphatic rings. The van der Waals surface area contributed by atoms with Gasteiger partial charge in [0, 0.05) is 18.7 Å². The molecular formula is C19H21F3N2O6. The first kappa shape index (κ1) is 23.2. The molecule has 1 aromatic carbocycles. The quantitative estimate of drug-likeness (QED) is 0.720. The molecule has 11 heteroatoms. The number of benzene rings is 1. The van der Waals surface area contributed by atoms with Crippen molar-refractivity contribution in [2.75, 3.05) is 26.3 Å². The second-order valence-electron chi connectivity index (χ2n) is 6.52. The Labute approximate surface area is 170 Å². The second kappa shape index (κ2) is 10.1. The molecule has 1 heterocycles. The fraction of sp³-hybridized carbons (Fsp3) is 0.474. The van der Waals surface area contributed by atoms with Crippen molar-refractivity contribution in [1.29, 1.82) is 0 Å². The van der Waals surface area contributed by atoms with Crippen LogP contribution in [-0.4, -0.2) is 55.1 Å². The molecule has 1 aliphatic heterocycles. The molecule has 164 valence electrons. The minimum absolute atomic E-state index is 0.0860. The van der Waals surface area contributed by atoms with Crippen molar-refractivity contribution < 1.29 is 41.8 Å². The SMILES string of the molecule is CCOC(=O)NC(=O)COC(=O)C1CCN(C(=O)c2ccc(C(F)(F)F)cc2)CC1. The summed E-state index contributed by atoms with van der Waals surface area (Å²) in [5.74, 6) is -2.41. The molecule has 30 heavy (non-hydrogen) atoms. The Balaban J connectivity index is 1.79. The van der Waals surface area contributed by atoms with Crippen LogP contribution in [0.5, 0.6) is 0 Å². The van der Waals surface area contributed by atoms with Crippen LogP contribution >= 0.6 is 0 Å². The molecule has 0 unspecified atom stereocenters. The molecule has 1 fully saturated rings. The zero-order valence-corrected chi connectivity index (χ0v) is 16.2. The first-order chi connectivity index (χ1) is 14.1. The van der Waals surface area contributed by atoms with Gasteiger partial charge in [-0.3, -0.25) is 19.7 Å². The van der Waals surface area contributed by atoms with E-state index in [1.54, 1.807) is 6.92 Å². The highest BCUT2D eigenvalue weighted by molar-refractivity contribution is 5.95. The van der Waals surface area contributed by atoms with Gasteiger partial charge in [-0.2, -0.15) is 13.2 Å². The number of amides is 3. The first-order valence-corrected chi connectivity index (χ1v) is 9.21. The molecular weight excluding hydrogens is 409 g/mol. The topological polar surface area (TPSA) is 102 Å². The van der Waals surface area contributed by atoms with Crippen LogP contribution in [0.2, 0.25) is 0 Å². The molecule has 0 bridgehead atoms. The zero-order chi connectivity index (χ0) is 22.3. The highest BCUT2D eigenvalue weighted by Crippen LogP contribution is 2.29. The lowest BCUT2D eigenvalue weighted by Gasteiger charge is -2.31. The number of esters is 1. The average molecular weight is 430 g/mol. The van der Waals surface area contributed by atoms with Crippen LogP contribution < -0.4 is 5.32 Å². The minimum Gasteiger partial charge on any atom is -0.455 e. The number of hydrogen-bond acceptors (Lipinski definition) is 6. The molecule has 0 aromatic heterocycles. The van der Waals surface area contributed by atoms with Crippen molar-refractivity contribution in [3.8, 4) is 0 Å². The van der Waals surface area contributed by atoms with E-state index in [2.05, 4.69) is 4.74 Å². The molecule has 1 N–H and O–H groups in total. The van der Waals surface area contributed by atoms with E-state index in [0.717, 1.165) is 24.3 Å². The highest BCUT2D eigenvalue weighted by atomic mass is 19.4. The molecule has 8 nitrogen and oxygen atoms in total. The van der Waals surface area contributed by atoms with Gasteiger partial charge in [-0.1, -0.05) is 0 Å². The number of carbonyl (C=O) groups excluding carboxylic acids is 4. The van der Waals surface area contributed by atoms with Crippen molar-refractivity contribution >= 4 is 23.9 Å². The van der Waals surface area contributed by atoms with E-state index in [9.17, 15) is 32.3 Å². The van der Waals surface area contributed by atoms with Gasteiger partial charge in [0.05, 0.1) is 18.1 Å². The summed E-state index contributed by atoms with van der Waals surface area (Å²) in [6.07, 6.45) is -4.85. The molecule has 3 amide bonds. The van der Waals surface area contributed by atoms with Crippen molar-refractivity contribution in [2.45, 2.75) is 25.9 Å². The van der Waals surface area contributed by atoms with Crippen LogP contribution in [0.15, 0.2) is 24.3 Å². The van der Waals surface area contributed by atoms with E-state index in [1.807, 2.05) is 5.32 Å². The smallest absolute Gasteiger partial charge is 0.416 e. The third-order valence-electron chi connectivity index (χ3n) is 4.44. The summed E-state index contributed by atoms with van der Waals surface area (Å²) in [5, 5.41) is 1.89. The third kappa shape index (κ3) is 6.46. The number of hydrogen-bond donors (Lipinski definition) is 1. The van der Waals surface area contributed by atoms with Crippen molar-refractivity contribution in [3.05, 3.63) is 35.4 Å². The summed E-state index contributed by atoms with van der Waals surface area (Å²) in [7, 11) is 0. The lowest BCUT2D eigenvalue weighted by Crippen LogP contribution is -2.41. The van der Waals surface area contributed by atoms with Crippen molar-refractivity contribution in [3.63, 3.8) is 0 Å². The molecule has 1 saturated heterocycles. The van der Waals surface area contributed by atoms with E-state index in [0.29, 0.717) is 0 Å². The van der Waals surface area contributed by atoms with Crippen LogP contribution in [-0.2, 0) is 25.2 Å². The molecule has 0 spiro atoms. The largest absolute Gasteiger partial charge is 0.455 e. The monoisotopic (exact) mass is 430 g/mol. The molecule has 0 radical (unpaired) electrons. The molecule has 2 rings (SSSR count). The Morgan fingerprint density at radius 1 is 1.07 bits per heavy atom. The Kier molecular flexibility index (Phi) is 7.79. The van der Waals surface area contributed by atoms with Crippen LogP contribution in [0.3, 0.4) is 0 Å². The van der Waals surface area contributed by atoms with Crippen LogP contribution in [0, 0.1) is 5.92 Å². The Hall–Kier alpha value is -3.11. The summed E-state index contributed by atoms with van der Waals surface area (Å²) in [5.41, 5.74) is -0.716. The maximum atomic E-state index is 12.6. The van der Waals surface area contributed by atoms with Crippen molar-refractivity contribution in [2.24, 2.45) is 5.92 Å². The van der Waals surface area contributed by atoms with Crippen molar-refractivity contribution in [1.82, 2.24) is 10.2 Å². The van der Waals surface area contributed by atoms with Gasteiger partial charge in [-0.15, -0.1) is 0 Å². The number of piperidine rings is 1. The lowest BCUT2D eigenvalue weighted by molar-refractivity contribution is -0.153. The predicted molar refractivity (Wildman–Crippen MR) is 96.2 cm³/mol. The van der Waals surface area contributed by atoms with E-state index >= 15 is 0 Å². The summed E-state index contributed by atoms with van der Waals surface area (Å²) >= 11 is 0. The van der Waals surface area contributed by atoms with E-state index in [-0.39, 0.29) is 38.1 Å². The van der Waals surface area contributed by atoms with Gasteiger partial charge in [0.1, 0.15) is 0 Å². The summed E-state index contributed by atoms with van der Waals surface area (Å²) < 4.78 is 47.3. The fourth-order valence-electron chi connectivity index (χ4n) is 2.87. The number of likely N-dealkylation sites (tertiary alicyclic amines) is 1. The number of alkyl halides is 3. The molecule has 0 atom stereocenters. The normalized spacial score (nSPS) is 14.7. The number of carbonyl (C=O) groups is 4. The van der Waals surface area contributed by atoms with Gasteiger partial charge >= 0.3 is 18.2 Å². The summed E-state index contributed by atoms with van der Waals surface area (Å²) in [4.78, 5) is 48.5. The zero-order valence-electron chi connectivity index (χ0n) is 16.2.